The highest BCUT2D eigenvalue weighted by Gasteiger charge is 2.27. The van der Waals surface area contributed by atoms with Crippen molar-refractivity contribution in [3.63, 3.8) is 0 Å². The molecule has 0 radical (unpaired) electrons. The summed E-state index contributed by atoms with van der Waals surface area (Å²) in [5.74, 6) is -3.20. The van der Waals surface area contributed by atoms with Crippen molar-refractivity contribution in [1.82, 2.24) is 34.0 Å². The van der Waals surface area contributed by atoms with Crippen molar-refractivity contribution in [3.8, 4) is 22.4 Å². The van der Waals surface area contributed by atoms with Gasteiger partial charge in [-0.25, -0.2) is 13.8 Å². The highest BCUT2D eigenvalue weighted by atomic mass is 35.5. The second-order valence-corrected chi connectivity index (χ2v) is 13.4. The zero-order valence-corrected chi connectivity index (χ0v) is 30.6. The molecule has 16 heteroatoms. The average molecular weight is 741 g/mol. The van der Waals surface area contributed by atoms with E-state index in [1.165, 1.54) is 54.3 Å². The fourth-order valence-electron chi connectivity index (χ4n) is 6.18. The number of imidazole rings is 1. The van der Waals surface area contributed by atoms with E-state index in [4.69, 9.17) is 16.3 Å². The van der Waals surface area contributed by atoms with Gasteiger partial charge >= 0.3 is 0 Å². The van der Waals surface area contributed by atoms with Crippen LogP contribution < -0.4 is 5.32 Å². The van der Waals surface area contributed by atoms with E-state index in [9.17, 15) is 19.5 Å². The maximum absolute atomic E-state index is 15.5. The molecule has 2 aromatic carbocycles. The van der Waals surface area contributed by atoms with Crippen LogP contribution in [0.2, 0.25) is 5.02 Å². The molecule has 5 rings (SSSR count). The standard InChI is InChI=1S/C36H43ClF2N8O5/c1-22-28(19-41-47(22)16-17-52-5)25-9-10-27(33(39)32(25)38)30-20-40-34(44(30)4)35(50)42-23-6-8-26(29(37)18-23)36(51)46-14-12-45(13-15-46)31(49)11-7-24(48)21-43(2)3/h6,8-10,18-20,24,48H,7,11-17,21H2,1-5H3,(H,42,50)/t24-/m1/s1. The maximum atomic E-state index is 15.5. The summed E-state index contributed by atoms with van der Waals surface area (Å²) in [4.78, 5) is 48.5. The van der Waals surface area contributed by atoms with E-state index in [0.717, 1.165) is 0 Å². The summed E-state index contributed by atoms with van der Waals surface area (Å²) in [7, 11) is 6.80. The van der Waals surface area contributed by atoms with Gasteiger partial charge in [-0.3, -0.25) is 19.1 Å². The number of likely N-dealkylation sites (N-methyl/N-ethyl adjacent to an activating group) is 1. The van der Waals surface area contributed by atoms with Gasteiger partial charge in [0.05, 0.1) is 47.9 Å². The van der Waals surface area contributed by atoms with Gasteiger partial charge in [-0.05, 0) is 51.7 Å². The number of nitrogens with one attached hydrogen (secondary N) is 1. The van der Waals surface area contributed by atoms with E-state index in [1.807, 2.05) is 19.0 Å². The first-order valence-corrected chi connectivity index (χ1v) is 17.2. The van der Waals surface area contributed by atoms with Crippen molar-refractivity contribution in [2.45, 2.75) is 32.4 Å². The topological polar surface area (TPSA) is 138 Å². The van der Waals surface area contributed by atoms with Crippen LogP contribution >= 0.6 is 11.6 Å². The van der Waals surface area contributed by atoms with Crippen LogP contribution in [0, 0.1) is 18.6 Å². The lowest BCUT2D eigenvalue weighted by molar-refractivity contribution is -0.133. The van der Waals surface area contributed by atoms with E-state index in [2.05, 4.69) is 15.4 Å². The molecule has 0 spiro atoms. The number of aromatic nitrogens is 4. The van der Waals surface area contributed by atoms with Crippen LogP contribution in [0.25, 0.3) is 22.4 Å². The molecule has 1 fully saturated rings. The minimum Gasteiger partial charge on any atom is -0.392 e. The minimum atomic E-state index is -1.09. The monoisotopic (exact) mass is 740 g/mol. The Bertz CT molecular complexity index is 1940. The molecule has 13 nitrogen and oxygen atoms in total. The SMILES string of the molecule is COCCn1ncc(-c2ccc(-c3cnc(C(=O)Nc4ccc(C(=O)N5CCN(C(=O)CC[C@@H](O)CN(C)C)CC5)c(Cl)c4)n3C)c(F)c2F)c1C. The van der Waals surface area contributed by atoms with Gasteiger partial charge < -0.3 is 34.4 Å². The molecule has 3 heterocycles. The molecule has 52 heavy (non-hydrogen) atoms. The molecule has 0 bridgehead atoms. The molecule has 3 amide bonds. The number of ether oxygens (including phenoxy) is 1. The van der Waals surface area contributed by atoms with Crippen LogP contribution in [0.3, 0.4) is 0 Å². The van der Waals surface area contributed by atoms with Crippen molar-refractivity contribution in [1.29, 1.82) is 0 Å². The van der Waals surface area contributed by atoms with Gasteiger partial charge in [-0.1, -0.05) is 17.7 Å². The quantitative estimate of drug-likeness (QED) is 0.209. The molecule has 278 valence electrons. The summed E-state index contributed by atoms with van der Waals surface area (Å²) < 4.78 is 39.0. The van der Waals surface area contributed by atoms with Crippen molar-refractivity contribution >= 4 is 35.0 Å². The lowest BCUT2D eigenvalue weighted by atomic mass is 10.0. The number of benzene rings is 2. The Hall–Kier alpha value is -4.70. The number of hydrogen-bond donors (Lipinski definition) is 2. The third-order valence-corrected chi connectivity index (χ3v) is 9.41. The molecular formula is C36H43ClF2N8O5. The van der Waals surface area contributed by atoms with Crippen LogP contribution in [-0.2, 0) is 23.1 Å². The summed E-state index contributed by atoms with van der Waals surface area (Å²) in [6.07, 6.45) is 2.78. The number of halogens is 3. The molecule has 0 unspecified atom stereocenters. The molecule has 1 aliphatic rings. The minimum absolute atomic E-state index is 0.0573. The van der Waals surface area contributed by atoms with E-state index in [0.29, 0.717) is 69.2 Å². The van der Waals surface area contributed by atoms with Gasteiger partial charge in [0.15, 0.2) is 17.5 Å². The van der Waals surface area contributed by atoms with Crippen molar-refractivity contribution < 1.29 is 33.0 Å². The van der Waals surface area contributed by atoms with E-state index >= 15 is 8.78 Å². The van der Waals surface area contributed by atoms with Crippen LogP contribution in [-0.4, -0.2) is 123 Å². The van der Waals surface area contributed by atoms with Crippen molar-refractivity contribution in [2.24, 2.45) is 7.05 Å². The Labute approximate surface area is 305 Å². The molecule has 1 atom stereocenters. The van der Waals surface area contributed by atoms with Crippen LogP contribution in [0.4, 0.5) is 14.5 Å². The fourth-order valence-corrected chi connectivity index (χ4v) is 6.45. The van der Waals surface area contributed by atoms with Gasteiger partial charge in [-0.15, -0.1) is 0 Å². The van der Waals surface area contributed by atoms with Crippen LogP contribution in [0.5, 0.6) is 0 Å². The number of nitrogens with zero attached hydrogens (tertiary/aromatic N) is 7. The summed E-state index contributed by atoms with van der Waals surface area (Å²) >= 11 is 6.50. The average Bonchev–Trinajstić information content (AvgIpc) is 3.68. The second kappa shape index (κ2) is 16.8. The highest BCUT2D eigenvalue weighted by Crippen LogP contribution is 2.33. The number of carbonyl (C=O) groups excluding carboxylic acids is 3. The number of methoxy groups -OCH3 is 1. The number of rotatable bonds is 13. The predicted molar refractivity (Wildman–Crippen MR) is 192 cm³/mol. The normalized spacial score (nSPS) is 13.9. The smallest absolute Gasteiger partial charge is 0.291 e. The van der Waals surface area contributed by atoms with E-state index < -0.39 is 23.6 Å². The Morgan fingerprint density at radius 3 is 2.37 bits per heavy atom. The molecule has 4 aromatic rings. The first kappa shape index (κ1) is 38.5. The number of aliphatic hydroxyl groups is 1. The highest BCUT2D eigenvalue weighted by molar-refractivity contribution is 6.34. The summed E-state index contributed by atoms with van der Waals surface area (Å²) in [5.41, 5.74) is 1.82. The number of hydrogen-bond acceptors (Lipinski definition) is 8. The zero-order valence-electron chi connectivity index (χ0n) is 29.8. The van der Waals surface area contributed by atoms with Crippen LogP contribution in [0.1, 0.15) is 39.5 Å². The number of anilines is 1. The fraction of sp³-hybridized carbons (Fsp3) is 0.417. The number of piperazine rings is 1. The largest absolute Gasteiger partial charge is 0.392 e. The molecule has 1 saturated heterocycles. The third-order valence-electron chi connectivity index (χ3n) is 9.09. The summed E-state index contributed by atoms with van der Waals surface area (Å²) in [5, 5.41) is 17.1. The Kier molecular flexibility index (Phi) is 12.4. The first-order chi connectivity index (χ1) is 24.8. The van der Waals surface area contributed by atoms with Gasteiger partial charge in [-0.2, -0.15) is 5.10 Å². The number of aliphatic hydroxyl groups excluding tert-OH is 1. The maximum Gasteiger partial charge on any atom is 0.291 e. The lowest BCUT2D eigenvalue weighted by Crippen LogP contribution is -2.50. The molecular weight excluding hydrogens is 698 g/mol. The van der Waals surface area contributed by atoms with Gasteiger partial charge in [0.1, 0.15) is 0 Å². The molecule has 0 aliphatic carbocycles. The van der Waals surface area contributed by atoms with Gasteiger partial charge in [0.25, 0.3) is 11.8 Å². The molecule has 1 aliphatic heterocycles. The van der Waals surface area contributed by atoms with Gasteiger partial charge in [0, 0.05) is 81.4 Å². The Morgan fingerprint density at radius 1 is 1.02 bits per heavy atom. The third kappa shape index (κ3) is 8.49. The number of amides is 3. The van der Waals surface area contributed by atoms with E-state index in [1.54, 1.807) is 28.5 Å². The second-order valence-electron chi connectivity index (χ2n) is 13.0. The Balaban J connectivity index is 1.21. The van der Waals surface area contributed by atoms with Gasteiger partial charge in [0.2, 0.25) is 5.91 Å². The predicted octanol–water partition coefficient (Wildman–Crippen LogP) is 4.08. The van der Waals surface area contributed by atoms with Crippen LogP contribution in [0.15, 0.2) is 42.7 Å². The molecule has 0 saturated carbocycles. The zero-order chi connectivity index (χ0) is 37.7. The molecule has 2 aromatic heterocycles. The summed E-state index contributed by atoms with van der Waals surface area (Å²) in [6, 6.07) is 7.40. The summed E-state index contributed by atoms with van der Waals surface area (Å²) in [6.45, 7) is 4.52. The van der Waals surface area contributed by atoms with Crippen molar-refractivity contribution in [3.05, 3.63) is 76.5 Å². The van der Waals surface area contributed by atoms with E-state index in [-0.39, 0.29) is 51.5 Å². The lowest BCUT2D eigenvalue weighted by Gasteiger charge is -2.35. The van der Waals surface area contributed by atoms with Crippen molar-refractivity contribution in [2.75, 3.05) is 65.9 Å². The molecule has 2 N–H and O–H groups in total. The first-order valence-electron chi connectivity index (χ1n) is 16.8. The Morgan fingerprint density at radius 2 is 1.69 bits per heavy atom. The number of carbonyl (C=O) groups is 3.